The van der Waals surface area contributed by atoms with Gasteiger partial charge in [0.1, 0.15) is 5.82 Å². The number of carbonyl (C=O) groups excluding carboxylic acids is 2. The molecule has 1 aromatic heterocycles. The molecule has 0 aliphatic rings. The molecule has 1 heterocycles. The van der Waals surface area contributed by atoms with E-state index in [2.05, 4.69) is 20.6 Å². The summed E-state index contributed by atoms with van der Waals surface area (Å²) in [7, 11) is 0. The van der Waals surface area contributed by atoms with Crippen LogP contribution in [-0.2, 0) is 4.79 Å². The number of nitrogens with one attached hydrogen (secondary N) is 2. The molecule has 130 valence electrons. The quantitative estimate of drug-likeness (QED) is 0.657. The molecule has 0 bridgehead atoms. The van der Waals surface area contributed by atoms with E-state index >= 15 is 0 Å². The van der Waals surface area contributed by atoms with Crippen molar-refractivity contribution in [2.75, 3.05) is 10.6 Å². The fourth-order valence-electron chi connectivity index (χ4n) is 2.34. The second-order valence-corrected chi connectivity index (χ2v) is 5.59. The lowest BCUT2D eigenvalue weighted by atomic mass is 10.1. The van der Waals surface area contributed by atoms with Gasteiger partial charge in [-0.1, -0.05) is 12.1 Å². The van der Waals surface area contributed by atoms with Crippen LogP contribution < -0.4 is 16.4 Å². The first-order chi connectivity index (χ1) is 12.5. The molecule has 0 saturated heterocycles. The normalized spacial score (nSPS) is 10.2. The Balaban J connectivity index is 1.76. The topological polar surface area (TPSA) is 110 Å². The standard InChI is InChI=1S/C19H17N5O2/c1-12(25)22-15-6-8-16(9-7-15)23-17-10-11-21-19(24-17)14-4-2-13(3-5-14)18(20)26/h2-11H,1H3,(H2,20,26)(H,22,25)(H,21,23,24). The van der Waals surface area contributed by atoms with Crippen LogP contribution >= 0.6 is 0 Å². The van der Waals surface area contributed by atoms with Crippen molar-refractivity contribution < 1.29 is 9.59 Å². The highest BCUT2D eigenvalue weighted by Crippen LogP contribution is 2.20. The number of nitrogens with two attached hydrogens (primary N) is 1. The SMILES string of the molecule is CC(=O)Nc1ccc(Nc2ccnc(-c3ccc(C(N)=O)cc3)n2)cc1. The van der Waals surface area contributed by atoms with Gasteiger partial charge < -0.3 is 16.4 Å². The molecule has 2 amide bonds. The van der Waals surface area contributed by atoms with E-state index in [0.29, 0.717) is 17.2 Å². The summed E-state index contributed by atoms with van der Waals surface area (Å²) in [6.45, 7) is 1.46. The first kappa shape index (κ1) is 17.1. The van der Waals surface area contributed by atoms with Gasteiger partial charge in [-0.25, -0.2) is 9.97 Å². The number of amides is 2. The number of nitrogens with zero attached hydrogens (tertiary/aromatic N) is 2. The maximum absolute atomic E-state index is 11.1. The molecule has 0 aliphatic carbocycles. The molecule has 26 heavy (non-hydrogen) atoms. The fraction of sp³-hybridized carbons (Fsp3) is 0.0526. The largest absolute Gasteiger partial charge is 0.366 e. The summed E-state index contributed by atoms with van der Waals surface area (Å²) < 4.78 is 0. The molecule has 3 aromatic rings. The maximum atomic E-state index is 11.1. The van der Waals surface area contributed by atoms with Gasteiger partial charge in [0.25, 0.3) is 0 Å². The third-order valence-electron chi connectivity index (χ3n) is 3.56. The van der Waals surface area contributed by atoms with E-state index in [9.17, 15) is 9.59 Å². The van der Waals surface area contributed by atoms with Gasteiger partial charge in [0, 0.05) is 35.6 Å². The molecule has 0 unspecified atom stereocenters. The number of hydrogen-bond acceptors (Lipinski definition) is 5. The Morgan fingerprint density at radius 1 is 0.923 bits per heavy atom. The second-order valence-electron chi connectivity index (χ2n) is 5.59. The molecule has 3 rings (SSSR count). The molecule has 7 nitrogen and oxygen atoms in total. The average molecular weight is 347 g/mol. The van der Waals surface area contributed by atoms with Crippen LogP contribution in [0.25, 0.3) is 11.4 Å². The predicted octanol–water partition coefficient (Wildman–Crippen LogP) is 2.94. The smallest absolute Gasteiger partial charge is 0.248 e. The zero-order valence-corrected chi connectivity index (χ0v) is 14.1. The van der Waals surface area contributed by atoms with Gasteiger partial charge in [-0.3, -0.25) is 9.59 Å². The third kappa shape index (κ3) is 4.21. The fourth-order valence-corrected chi connectivity index (χ4v) is 2.34. The summed E-state index contributed by atoms with van der Waals surface area (Å²) in [5, 5.41) is 5.90. The monoisotopic (exact) mass is 347 g/mol. The molecule has 0 aliphatic heterocycles. The Bertz CT molecular complexity index is 937. The average Bonchev–Trinajstić information content (AvgIpc) is 2.63. The lowest BCUT2D eigenvalue weighted by Crippen LogP contribution is -2.10. The minimum Gasteiger partial charge on any atom is -0.366 e. The zero-order valence-electron chi connectivity index (χ0n) is 14.1. The van der Waals surface area contributed by atoms with E-state index in [1.54, 1.807) is 48.7 Å². The van der Waals surface area contributed by atoms with E-state index < -0.39 is 5.91 Å². The molecule has 4 N–H and O–H groups in total. The number of aromatic nitrogens is 2. The number of anilines is 3. The Kier molecular flexibility index (Phi) is 4.89. The number of carbonyl (C=O) groups is 2. The predicted molar refractivity (Wildman–Crippen MR) is 100 cm³/mol. The van der Waals surface area contributed by atoms with Gasteiger partial charge in [0.05, 0.1) is 0 Å². The molecule has 0 radical (unpaired) electrons. The van der Waals surface area contributed by atoms with Gasteiger partial charge in [0.2, 0.25) is 11.8 Å². The van der Waals surface area contributed by atoms with Gasteiger partial charge >= 0.3 is 0 Å². The van der Waals surface area contributed by atoms with Crippen LogP contribution in [0.4, 0.5) is 17.2 Å². The van der Waals surface area contributed by atoms with Crippen LogP contribution in [0.3, 0.4) is 0 Å². The van der Waals surface area contributed by atoms with E-state index in [1.807, 2.05) is 12.1 Å². The van der Waals surface area contributed by atoms with Crippen LogP contribution in [0, 0.1) is 0 Å². The van der Waals surface area contributed by atoms with Crippen molar-refractivity contribution in [2.45, 2.75) is 6.92 Å². The molecule has 0 atom stereocenters. The highest BCUT2D eigenvalue weighted by Gasteiger charge is 2.05. The van der Waals surface area contributed by atoms with Crippen LogP contribution in [-0.4, -0.2) is 21.8 Å². The minimum atomic E-state index is -0.476. The minimum absolute atomic E-state index is 0.117. The van der Waals surface area contributed by atoms with Gasteiger partial charge in [-0.15, -0.1) is 0 Å². The van der Waals surface area contributed by atoms with Crippen molar-refractivity contribution in [1.29, 1.82) is 0 Å². The van der Waals surface area contributed by atoms with Crippen LogP contribution in [0.2, 0.25) is 0 Å². The molecule has 0 fully saturated rings. The molecule has 0 saturated carbocycles. The number of rotatable bonds is 5. The summed E-state index contributed by atoms with van der Waals surface area (Å²) in [6.07, 6.45) is 1.65. The summed E-state index contributed by atoms with van der Waals surface area (Å²) in [6, 6.07) is 15.8. The number of benzene rings is 2. The van der Waals surface area contributed by atoms with Gasteiger partial charge in [0.15, 0.2) is 5.82 Å². The second kappa shape index (κ2) is 7.43. The van der Waals surface area contributed by atoms with Crippen molar-refractivity contribution in [1.82, 2.24) is 9.97 Å². The van der Waals surface area contributed by atoms with Crippen molar-refractivity contribution in [3.63, 3.8) is 0 Å². The summed E-state index contributed by atoms with van der Waals surface area (Å²) in [4.78, 5) is 30.9. The summed E-state index contributed by atoms with van der Waals surface area (Å²) in [5.41, 5.74) is 8.01. The van der Waals surface area contributed by atoms with E-state index in [0.717, 1.165) is 16.9 Å². The van der Waals surface area contributed by atoms with Crippen molar-refractivity contribution >= 4 is 29.0 Å². The molecular weight excluding hydrogens is 330 g/mol. The zero-order chi connectivity index (χ0) is 18.5. The first-order valence-electron chi connectivity index (χ1n) is 7.89. The van der Waals surface area contributed by atoms with Crippen molar-refractivity contribution in [3.8, 4) is 11.4 Å². The Morgan fingerprint density at radius 3 is 2.19 bits per heavy atom. The lowest BCUT2D eigenvalue weighted by Gasteiger charge is -2.08. The maximum Gasteiger partial charge on any atom is 0.248 e. The Labute approximate surface area is 150 Å². The van der Waals surface area contributed by atoms with Gasteiger partial charge in [-0.05, 0) is 42.5 Å². The summed E-state index contributed by atoms with van der Waals surface area (Å²) in [5.74, 6) is 0.561. The van der Waals surface area contributed by atoms with Crippen LogP contribution in [0.5, 0.6) is 0 Å². The molecule has 2 aromatic carbocycles. The van der Waals surface area contributed by atoms with E-state index in [4.69, 9.17) is 5.73 Å². The number of primary amides is 1. The highest BCUT2D eigenvalue weighted by atomic mass is 16.1. The Morgan fingerprint density at radius 2 is 1.58 bits per heavy atom. The van der Waals surface area contributed by atoms with Crippen LogP contribution in [0.15, 0.2) is 60.8 Å². The van der Waals surface area contributed by atoms with E-state index in [1.165, 1.54) is 6.92 Å². The highest BCUT2D eigenvalue weighted by molar-refractivity contribution is 5.93. The van der Waals surface area contributed by atoms with Gasteiger partial charge in [-0.2, -0.15) is 0 Å². The lowest BCUT2D eigenvalue weighted by molar-refractivity contribution is -0.114. The van der Waals surface area contributed by atoms with Crippen molar-refractivity contribution in [2.24, 2.45) is 5.73 Å². The third-order valence-corrected chi connectivity index (χ3v) is 3.56. The molecule has 7 heteroatoms. The van der Waals surface area contributed by atoms with E-state index in [-0.39, 0.29) is 5.91 Å². The van der Waals surface area contributed by atoms with Crippen molar-refractivity contribution in [3.05, 3.63) is 66.4 Å². The molecule has 0 spiro atoms. The Hall–Kier alpha value is -3.74. The number of hydrogen-bond donors (Lipinski definition) is 3. The summed E-state index contributed by atoms with van der Waals surface area (Å²) >= 11 is 0. The van der Waals surface area contributed by atoms with Crippen LogP contribution in [0.1, 0.15) is 17.3 Å². The first-order valence-corrected chi connectivity index (χ1v) is 7.89. The molecular formula is C19H17N5O2.